The predicted molar refractivity (Wildman–Crippen MR) is 98.3 cm³/mol. The van der Waals surface area contributed by atoms with Crippen molar-refractivity contribution in [3.05, 3.63) is 82.1 Å². The molecule has 0 saturated carbocycles. The summed E-state index contributed by atoms with van der Waals surface area (Å²) in [6.07, 6.45) is 2.87. The largest absolute Gasteiger partial charge is 0.354 e. The summed E-state index contributed by atoms with van der Waals surface area (Å²) in [6.45, 7) is 0. The van der Waals surface area contributed by atoms with Crippen LogP contribution in [0.25, 0.3) is 0 Å². The summed E-state index contributed by atoms with van der Waals surface area (Å²) in [7, 11) is 0. The van der Waals surface area contributed by atoms with Gasteiger partial charge in [0.25, 0.3) is 5.91 Å². The number of halogens is 4. The fourth-order valence-electron chi connectivity index (χ4n) is 2.20. The van der Waals surface area contributed by atoms with E-state index in [-0.39, 0.29) is 11.3 Å². The van der Waals surface area contributed by atoms with Crippen molar-refractivity contribution < 1.29 is 13.6 Å². The number of benzene rings is 2. The van der Waals surface area contributed by atoms with E-state index in [4.69, 9.17) is 23.2 Å². The zero-order chi connectivity index (χ0) is 18.7. The Kier molecular flexibility index (Phi) is 5.35. The highest BCUT2D eigenvalue weighted by Crippen LogP contribution is 2.25. The number of amides is 1. The third kappa shape index (κ3) is 4.47. The number of nitrogens with zero attached hydrogens (tertiary/aromatic N) is 1. The van der Waals surface area contributed by atoms with Crippen molar-refractivity contribution in [3.8, 4) is 0 Å². The highest BCUT2D eigenvalue weighted by atomic mass is 35.5. The molecule has 8 heteroatoms. The molecule has 0 aliphatic rings. The molecule has 0 bridgehead atoms. The van der Waals surface area contributed by atoms with Crippen LogP contribution in [-0.2, 0) is 0 Å². The molecule has 0 aliphatic carbocycles. The molecule has 3 aromatic rings. The number of anilines is 3. The maximum atomic E-state index is 13.2. The summed E-state index contributed by atoms with van der Waals surface area (Å²) in [4.78, 5) is 16.3. The highest BCUT2D eigenvalue weighted by molar-refractivity contribution is 6.35. The molecule has 0 atom stereocenters. The molecule has 0 unspecified atom stereocenters. The minimum absolute atomic E-state index is 0.133. The molecule has 0 spiro atoms. The molecular formula is C18H11Cl2F2N3O. The summed E-state index contributed by atoms with van der Waals surface area (Å²) >= 11 is 11.9. The first-order valence-electron chi connectivity index (χ1n) is 7.35. The molecule has 2 N–H and O–H groups in total. The van der Waals surface area contributed by atoms with Crippen molar-refractivity contribution in [1.82, 2.24) is 4.98 Å². The van der Waals surface area contributed by atoms with Crippen LogP contribution in [0.2, 0.25) is 10.0 Å². The van der Waals surface area contributed by atoms with Crippen LogP contribution in [0.5, 0.6) is 0 Å². The minimum Gasteiger partial charge on any atom is -0.354 e. The summed E-state index contributed by atoms with van der Waals surface area (Å²) in [5.74, 6) is -2.55. The van der Waals surface area contributed by atoms with Gasteiger partial charge in [-0.15, -0.1) is 0 Å². The third-order valence-electron chi connectivity index (χ3n) is 3.33. The summed E-state index contributed by atoms with van der Waals surface area (Å²) < 4.78 is 26.2. The molecule has 132 valence electrons. The van der Waals surface area contributed by atoms with Crippen molar-refractivity contribution in [2.75, 3.05) is 10.6 Å². The average molecular weight is 394 g/mol. The lowest BCUT2D eigenvalue weighted by atomic mass is 10.2. The van der Waals surface area contributed by atoms with Crippen molar-refractivity contribution in [1.29, 1.82) is 0 Å². The van der Waals surface area contributed by atoms with Crippen LogP contribution >= 0.6 is 23.2 Å². The van der Waals surface area contributed by atoms with E-state index in [9.17, 15) is 13.6 Å². The molecule has 1 amide bonds. The molecule has 2 aromatic carbocycles. The Morgan fingerprint density at radius 1 is 0.846 bits per heavy atom. The van der Waals surface area contributed by atoms with Crippen LogP contribution in [0.3, 0.4) is 0 Å². The first kappa shape index (κ1) is 18.1. The fraction of sp³-hybridized carbons (Fsp3) is 0. The topological polar surface area (TPSA) is 54.0 Å². The number of carbonyl (C=O) groups is 1. The van der Waals surface area contributed by atoms with E-state index < -0.39 is 17.5 Å². The lowest BCUT2D eigenvalue weighted by molar-refractivity contribution is 0.102. The van der Waals surface area contributed by atoms with E-state index in [0.29, 0.717) is 21.4 Å². The zero-order valence-corrected chi connectivity index (χ0v) is 14.6. The summed E-state index contributed by atoms with van der Waals surface area (Å²) in [5.41, 5.74) is 1.52. The SMILES string of the molecule is O=C(Nc1ccc(F)c(F)c1)c1cncc(Nc2cc(Cl)cc(Cl)c2)c1. The quantitative estimate of drug-likeness (QED) is 0.600. The van der Waals surface area contributed by atoms with E-state index in [1.54, 1.807) is 24.3 Å². The molecule has 1 heterocycles. The first-order valence-corrected chi connectivity index (χ1v) is 8.11. The van der Waals surface area contributed by atoms with Gasteiger partial charge in [-0.2, -0.15) is 0 Å². The minimum atomic E-state index is -1.05. The Bertz CT molecular complexity index is 962. The second-order valence-electron chi connectivity index (χ2n) is 5.33. The Morgan fingerprint density at radius 3 is 2.27 bits per heavy atom. The zero-order valence-electron chi connectivity index (χ0n) is 13.1. The van der Waals surface area contributed by atoms with Gasteiger partial charge in [-0.3, -0.25) is 9.78 Å². The van der Waals surface area contributed by atoms with Gasteiger partial charge in [-0.05, 0) is 36.4 Å². The van der Waals surface area contributed by atoms with Gasteiger partial charge in [0, 0.05) is 33.7 Å². The summed E-state index contributed by atoms with van der Waals surface area (Å²) in [6, 6.07) is 9.58. The molecule has 4 nitrogen and oxygen atoms in total. The number of rotatable bonds is 4. The first-order chi connectivity index (χ1) is 12.4. The van der Waals surface area contributed by atoms with Gasteiger partial charge in [0.1, 0.15) is 0 Å². The van der Waals surface area contributed by atoms with Crippen molar-refractivity contribution in [2.45, 2.75) is 0 Å². The smallest absolute Gasteiger partial charge is 0.257 e. The molecule has 0 radical (unpaired) electrons. The van der Waals surface area contributed by atoms with Gasteiger partial charge in [0.2, 0.25) is 0 Å². The Labute approximate surface area is 157 Å². The second kappa shape index (κ2) is 7.68. The van der Waals surface area contributed by atoms with Crippen molar-refractivity contribution >= 4 is 46.2 Å². The second-order valence-corrected chi connectivity index (χ2v) is 6.20. The van der Waals surface area contributed by atoms with E-state index >= 15 is 0 Å². The van der Waals surface area contributed by atoms with E-state index in [0.717, 1.165) is 12.1 Å². The van der Waals surface area contributed by atoms with Gasteiger partial charge in [-0.25, -0.2) is 8.78 Å². The van der Waals surface area contributed by atoms with Crippen molar-refractivity contribution in [3.63, 3.8) is 0 Å². The maximum absolute atomic E-state index is 13.2. The maximum Gasteiger partial charge on any atom is 0.257 e. The fourth-order valence-corrected chi connectivity index (χ4v) is 2.73. The Balaban J connectivity index is 1.77. The number of carbonyl (C=O) groups excluding carboxylic acids is 1. The van der Waals surface area contributed by atoms with Crippen molar-refractivity contribution in [2.24, 2.45) is 0 Å². The molecular weight excluding hydrogens is 383 g/mol. The standard InChI is InChI=1S/C18H11Cl2F2N3O/c19-11-4-12(20)6-14(5-11)24-15-3-10(8-23-9-15)18(26)25-13-1-2-16(21)17(22)7-13/h1-9,24H,(H,25,26). The highest BCUT2D eigenvalue weighted by Gasteiger charge is 2.10. The third-order valence-corrected chi connectivity index (χ3v) is 3.77. The number of aromatic nitrogens is 1. The van der Waals surface area contributed by atoms with Crippen LogP contribution in [0, 0.1) is 11.6 Å². The predicted octanol–water partition coefficient (Wildman–Crippen LogP) is 5.66. The number of pyridine rings is 1. The Morgan fingerprint density at radius 2 is 1.58 bits per heavy atom. The van der Waals surface area contributed by atoms with Gasteiger partial charge in [0.15, 0.2) is 11.6 Å². The molecule has 0 fully saturated rings. The van der Waals surface area contributed by atoms with E-state index in [2.05, 4.69) is 15.6 Å². The summed E-state index contributed by atoms with van der Waals surface area (Å²) in [5, 5.41) is 6.44. The molecule has 0 aliphatic heterocycles. The monoisotopic (exact) mass is 393 g/mol. The number of hydrogen-bond donors (Lipinski definition) is 2. The lowest BCUT2D eigenvalue weighted by Gasteiger charge is -2.09. The molecule has 1 aromatic heterocycles. The van der Waals surface area contributed by atoms with E-state index in [1.165, 1.54) is 18.5 Å². The molecule has 26 heavy (non-hydrogen) atoms. The van der Waals surface area contributed by atoms with Crippen LogP contribution < -0.4 is 10.6 Å². The average Bonchev–Trinajstić information content (AvgIpc) is 2.57. The number of nitrogens with one attached hydrogen (secondary N) is 2. The molecule has 3 rings (SSSR count). The van der Waals surface area contributed by atoms with Crippen LogP contribution in [0.1, 0.15) is 10.4 Å². The normalized spacial score (nSPS) is 10.5. The van der Waals surface area contributed by atoms with Gasteiger partial charge >= 0.3 is 0 Å². The van der Waals surface area contributed by atoms with Crippen LogP contribution in [-0.4, -0.2) is 10.9 Å². The molecule has 0 saturated heterocycles. The Hall–Kier alpha value is -2.70. The van der Waals surface area contributed by atoms with E-state index in [1.807, 2.05) is 0 Å². The van der Waals surface area contributed by atoms with Gasteiger partial charge < -0.3 is 10.6 Å². The van der Waals surface area contributed by atoms with Crippen LogP contribution in [0.4, 0.5) is 25.8 Å². The lowest BCUT2D eigenvalue weighted by Crippen LogP contribution is -2.12. The van der Waals surface area contributed by atoms with Gasteiger partial charge in [0.05, 0.1) is 17.4 Å². The van der Waals surface area contributed by atoms with Crippen LogP contribution in [0.15, 0.2) is 54.9 Å². The number of hydrogen-bond acceptors (Lipinski definition) is 3. The van der Waals surface area contributed by atoms with Gasteiger partial charge in [-0.1, -0.05) is 23.2 Å².